The molecule has 5 heteroatoms. The molecule has 5 N–H and O–H groups in total. The lowest BCUT2D eigenvalue weighted by Crippen LogP contribution is -2.21. The minimum atomic E-state index is -0.388. The second-order valence-corrected chi connectivity index (χ2v) is 3.63. The normalized spacial score (nSPS) is 14.5. The molecule has 0 fully saturated rings. The summed E-state index contributed by atoms with van der Waals surface area (Å²) in [6.07, 6.45) is 1.79. The Morgan fingerprint density at radius 3 is 2.60 bits per heavy atom. The molecule has 1 rings (SSSR count). The van der Waals surface area contributed by atoms with Crippen LogP contribution in [0, 0.1) is 5.92 Å². The van der Waals surface area contributed by atoms with E-state index in [-0.39, 0.29) is 29.0 Å². The van der Waals surface area contributed by atoms with Crippen LogP contribution in [0.4, 0.5) is 11.6 Å². The molecule has 0 radical (unpaired) electrons. The van der Waals surface area contributed by atoms with Crippen molar-refractivity contribution >= 4 is 11.6 Å². The Hall–Kier alpha value is -1.78. The van der Waals surface area contributed by atoms with Gasteiger partial charge in [-0.2, -0.15) is 0 Å². The summed E-state index contributed by atoms with van der Waals surface area (Å²) in [6, 6.07) is 0. The zero-order valence-electron chi connectivity index (χ0n) is 8.95. The Morgan fingerprint density at radius 1 is 1.47 bits per heavy atom. The fourth-order valence-corrected chi connectivity index (χ4v) is 1.32. The van der Waals surface area contributed by atoms with Crippen molar-refractivity contribution in [2.45, 2.75) is 19.8 Å². The molecular formula is C10H16N4O. The van der Waals surface area contributed by atoms with Crippen molar-refractivity contribution in [3.8, 4) is 0 Å². The summed E-state index contributed by atoms with van der Waals surface area (Å²) in [7, 11) is 0. The Labute approximate surface area is 88.2 Å². The molecule has 0 saturated heterocycles. The van der Waals surface area contributed by atoms with Crippen LogP contribution in [0.2, 0.25) is 0 Å². The van der Waals surface area contributed by atoms with Crippen LogP contribution in [0.3, 0.4) is 0 Å². The molecule has 1 heterocycles. The fraction of sp³-hybridized carbons (Fsp3) is 0.400. The predicted octanol–water partition coefficient (Wildman–Crippen LogP) is 0.860. The number of nitrogen functional groups attached to an aromatic ring is 2. The smallest absolute Gasteiger partial charge is 0.275 e. The van der Waals surface area contributed by atoms with Gasteiger partial charge in [0.05, 0.1) is 5.69 Å². The first kappa shape index (κ1) is 11.3. The minimum Gasteiger partial charge on any atom is -0.393 e. The van der Waals surface area contributed by atoms with Gasteiger partial charge in [-0.05, 0) is 5.92 Å². The van der Waals surface area contributed by atoms with Crippen molar-refractivity contribution in [3.63, 3.8) is 0 Å². The van der Waals surface area contributed by atoms with Crippen LogP contribution in [-0.2, 0) is 0 Å². The second-order valence-electron chi connectivity index (χ2n) is 3.63. The summed E-state index contributed by atoms with van der Waals surface area (Å²) >= 11 is 0. The largest absolute Gasteiger partial charge is 0.393 e. The van der Waals surface area contributed by atoms with Crippen molar-refractivity contribution in [1.82, 2.24) is 9.97 Å². The van der Waals surface area contributed by atoms with E-state index in [1.54, 1.807) is 6.08 Å². The molecule has 0 spiro atoms. The zero-order chi connectivity index (χ0) is 11.6. The van der Waals surface area contributed by atoms with E-state index in [1.165, 1.54) is 0 Å². The molecule has 0 aliphatic carbocycles. The molecule has 0 amide bonds. The summed E-state index contributed by atoms with van der Waals surface area (Å²) in [4.78, 5) is 17.8. The SMILES string of the molecule is C=CC(C)C(C)c1nc(N)[nH]c(=O)c1N. The van der Waals surface area contributed by atoms with Gasteiger partial charge in [-0.25, -0.2) is 4.98 Å². The van der Waals surface area contributed by atoms with Crippen LogP contribution in [-0.4, -0.2) is 9.97 Å². The van der Waals surface area contributed by atoms with Gasteiger partial charge in [-0.1, -0.05) is 19.9 Å². The van der Waals surface area contributed by atoms with Gasteiger partial charge in [-0.15, -0.1) is 6.58 Å². The molecule has 0 bridgehead atoms. The number of nitrogens with two attached hydrogens (primary N) is 2. The van der Waals surface area contributed by atoms with Gasteiger partial charge < -0.3 is 11.5 Å². The number of allylic oxidation sites excluding steroid dienone is 1. The van der Waals surface area contributed by atoms with Gasteiger partial charge in [0.2, 0.25) is 5.95 Å². The topological polar surface area (TPSA) is 97.8 Å². The van der Waals surface area contributed by atoms with Gasteiger partial charge in [0.15, 0.2) is 0 Å². The number of rotatable bonds is 3. The van der Waals surface area contributed by atoms with E-state index in [0.717, 1.165) is 0 Å². The fourth-order valence-electron chi connectivity index (χ4n) is 1.32. The number of hydrogen-bond acceptors (Lipinski definition) is 4. The van der Waals surface area contributed by atoms with Crippen LogP contribution in [0.25, 0.3) is 0 Å². The number of aromatic amines is 1. The monoisotopic (exact) mass is 208 g/mol. The summed E-state index contributed by atoms with van der Waals surface area (Å²) in [5.41, 5.74) is 11.4. The molecular weight excluding hydrogens is 192 g/mol. The summed E-state index contributed by atoms with van der Waals surface area (Å²) < 4.78 is 0. The van der Waals surface area contributed by atoms with Crippen molar-refractivity contribution in [2.75, 3.05) is 11.5 Å². The highest BCUT2D eigenvalue weighted by molar-refractivity contribution is 5.45. The van der Waals surface area contributed by atoms with Crippen molar-refractivity contribution in [2.24, 2.45) is 5.92 Å². The third-order valence-corrected chi connectivity index (χ3v) is 2.59. The highest BCUT2D eigenvalue weighted by atomic mass is 16.1. The molecule has 82 valence electrons. The number of nitrogens with one attached hydrogen (secondary N) is 1. The lowest BCUT2D eigenvalue weighted by Gasteiger charge is -2.17. The van der Waals surface area contributed by atoms with Gasteiger partial charge in [0, 0.05) is 5.92 Å². The molecule has 2 unspecified atom stereocenters. The predicted molar refractivity (Wildman–Crippen MR) is 61.5 cm³/mol. The first-order chi connectivity index (χ1) is 6.97. The van der Waals surface area contributed by atoms with Crippen molar-refractivity contribution in [3.05, 3.63) is 28.7 Å². The third-order valence-electron chi connectivity index (χ3n) is 2.59. The van der Waals surface area contributed by atoms with E-state index >= 15 is 0 Å². The van der Waals surface area contributed by atoms with E-state index < -0.39 is 0 Å². The van der Waals surface area contributed by atoms with E-state index in [0.29, 0.717) is 5.69 Å². The standard InChI is InChI=1S/C10H16N4O/c1-4-5(2)6(3)8-7(11)9(15)14-10(12)13-8/h4-6H,1,11H2,2-3H3,(H3,12,13,14,15). The maximum atomic E-state index is 11.3. The highest BCUT2D eigenvalue weighted by Crippen LogP contribution is 2.25. The Kier molecular flexibility index (Phi) is 3.14. The van der Waals surface area contributed by atoms with Crippen LogP contribution >= 0.6 is 0 Å². The van der Waals surface area contributed by atoms with E-state index in [4.69, 9.17) is 11.5 Å². The average molecular weight is 208 g/mol. The van der Waals surface area contributed by atoms with E-state index in [2.05, 4.69) is 16.5 Å². The quantitative estimate of drug-likeness (QED) is 0.641. The summed E-state index contributed by atoms with van der Waals surface area (Å²) in [6.45, 7) is 7.61. The molecule has 1 aromatic rings. The lowest BCUT2D eigenvalue weighted by molar-refractivity contribution is 0.578. The molecule has 15 heavy (non-hydrogen) atoms. The van der Waals surface area contributed by atoms with E-state index in [9.17, 15) is 4.79 Å². The zero-order valence-corrected chi connectivity index (χ0v) is 8.95. The molecule has 0 aliphatic heterocycles. The third kappa shape index (κ3) is 2.18. The first-order valence-corrected chi connectivity index (χ1v) is 4.75. The number of hydrogen-bond donors (Lipinski definition) is 3. The van der Waals surface area contributed by atoms with Crippen LogP contribution in [0.15, 0.2) is 17.4 Å². The summed E-state index contributed by atoms with van der Waals surface area (Å²) in [5, 5.41) is 0. The van der Waals surface area contributed by atoms with E-state index in [1.807, 2.05) is 13.8 Å². The molecule has 2 atom stereocenters. The minimum absolute atomic E-state index is 0.0205. The van der Waals surface area contributed by atoms with Crippen LogP contribution in [0.5, 0.6) is 0 Å². The molecule has 0 aliphatic rings. The molecule has 0 saturated carbocycles. The van der Waals surface area contributed by atoms with Gasteiger partial charge in [0.25, 0.3) is 5.56 Å². The summed E-state index contributed by atoms with van der Waals surface area (Å²) in [5.74, 6) is 0.292. The maximum Gasteiger partial charge on any atom is 0.275 e. The van der Waals surface area contributed by atoms with Crippen molar-refractivity contribution in [1.29, 1.82) is 0 Å². The van der Waals surface area contributed by atoms with Crippen LogP contribution in [0.1, 0.15) is 25.5 Å². The Balaban J connectivity index is 3.25. The van der Waals surface area contributed by atoms with Crippen molar-refractivity contribution < 1.29 is 0 Å². The Bertz CT molecular complexity index is 424. The van der Waals surface area contributed by atoms with Gasteiger partial charge in [-0.3, -0.25) is 9.78 Å². The lowest BCUT2D eigenvalue weighted by atomic mass is 9.92. The Morgan fingerprint density at radius 2 is 2.07 bits per heavy atom. The maximum absolute atomic E-state index is 11.3. The van der Waals surface area contributed by atoms with Gasteiger partial charge in [0.1, 0.15) is 5.69 Å². The average Bonchev–Trinajstić information content (AvgIpc) is 2.21. The molecule has 1 aromatic heterocycles. The second kappa shape index (κ2) is 4.16. The number of anilines is 2. The van der Waals surface area contributed by atoms with Gasteiger partial charge >= 0.3 is 0 Å². The highest BCUT2D eigenvalue weighted by Gasteiger charge is 2.18. The molecule has 0 aromatic carbocycles. The molecule has 5 nitrogen and oxygen atoms in total. The van der Waals surface area contributed by atoms with Crippen LogP contribution < -0.4 is 17.0 Å². The number of aromatic nitrogens is 2. The first-order valence-electron chi connectivity index (χ1n) is 4.75. The number of nitrogens with zero attached hydrogens (tertiary/aromatic N) is 1. The number of H-pyrrole nitrogens is 1.